The fourth-order valence-electron chi connectivity index (χ4n) is 5.03. The number of hydrogen-bond donors (Lipinski definition) is 1. The van der Waals surface area contributed by atoms with Gasteiger partial charge in [-0.25, -0.2) is 0 Å². The zero-order chi connectivity index (χ0) is 31.7. The molecule has 1 aromatic heterocycles. The van der Waals surface area contributed by atoms with Crippen LogP contribution in [0.5, 0.6) is 11.5 Å². The molecule has 222 valence electrons. The maximum Gasteiger partial charge on any atom is 0.318 e. The van der Waals surface area contributed by atoms with Crippen molar-refractivity contribution in [3.05, 3.63) is 121 Å². The number of rotatable bonds is 8. The Labute approximate surface area is 256 Å². The summed E-state index contributed by atoms with van der Waals surface area (Å²) in [5.74, 6) is -0.965. The minimum absolute atomic E-state index is 0.0184. The first kappa shape index (κ1) is 29.8. The summed E-state index contributed by atoms with van der Waals surface area (Å²) in [6.45, 7) is 5.70. The van der Waals surface area contributed by atoms with Crippen LogP contribution < -0.4 is 15.0 Å². The normalized spacial score (nSPS) is 14.1. The highest BCUT2D eigenvalue weighted by atomic mass is 32.1. The van der Waals surface area contributed by atoms with Crippen LogP contribution >= 0.6 is 12.2 Å². The Morgan fingerprint density at radius 2 is 1.66 bits per heavy atom. The van der Waals surface area contributed by atoms with Crippen LogP contribution in [0.25, 0.3) is 11.8 Å². The number of anilines is 1. The van der Waals surface area contributed by atoms with Gasteiger partial charge in [-0.15, -0.1) is 0 Å². The molecule has 1 aliphatic heterocycles. The first-order valence-electron chi connectivity index (χ1n) is 13.4. The molecule has 1 saturated heterocycles. The van der Waals surface area contributed by atoms with Crippen LogP contribution in [0.1, 0.15) is 29.4 Å². The molecule has 2 heterocycles. The first-order valence-corrected chi connectivity index (χ1v) is 13.8. The fourth-order valence-corrected chi connectivity index (χ4v) is 5.30. The summed E-state index contributed by atoms with van der Waals surface area (Å²) >= 11 is 5.36. The van der Waals surface area contributed by atoms with E-state index in [9.17, 15) is 29.8 Å². The minimum Gasteiger partial charge on any atom is -0.450 e. The molecule has 0 spiro atoms. The van der Waals surface area contributed by atoms with Gasteiger partial charge in [0.05, 0.1) is 21.6 Å². The lowest BCUT2D eigenvalue weighted by Gasteiger charge is -2.30. The molecule has 0 aliphatic carbocycles. The number of nitrogens with zero attached hydrogens (tertiary/aromatic N) is 4. The summed E-state index contributed by atoms with van der Waals surface area (Å²) < 4.78 is 7.60. The van der Waals surface area contributed by atoms with Crippen molar-refractivity contribution in [1.82, 2.24) is 9.88 Å². The number of nitro groups is 2. The lowest BCUT2D eigenvalue weighted by atomic mass is 10.0. The molecule has 12 nitrogen and oxygen atoms in total. The average molecular weight is 612 g/mol. The molecule has 0 saturated carbocycles. The lowest BCUT2D eigenvalue weighted by molar-refractivity contribution is -0.394. The third-order valence-electron chi connectivity index (χ3n) is 7.16. The maximum atomic E-state index is 13.6. The van der Waals surface area contributed by atoms with Crippen molar-refractivity contribution in [2.75, 3.05) is 4.90 Å². The molecule has 4 aromatic rings. The van der Waals surface area contributed by atoms with E-state index >= 15 is 0 Å². The standard InChI is InChI=1S/C31H25N5O7S/c1-4-20-7-5-6-8-26(20)34-30(38)25(29(37)32-31(34)44)16-21-15-18(2)33(19(21)3)22-9-12-24(13-10-22)43-28-14-11-23(35(39)40)17-27(28)36(41)42/h5-17H,4H2,1-3H3,(H,32,37,44)/b25-16+. The van der Waals surface area contributed by atoms with E-state index in [4.69, 9.17) is 17.0 Å². The van der Waals surface area contributed by atoms with Gasteiger partial charge < -0.3 is 9.30 Å². The monoisotopic (exact) mass is 611 g/mol. The molecule has 0 bridgehead atoms. The molecule has 0 unspecified atom stereocenters. The Balaban J connectivity index is 1.44. The van der Waals surface area contributed by atoms with Gasteiger partial charge in [0.25, 0.3) is 17.5 Å². The molecule has 1 N–H and O–H groups in total. The summed E-state index contributed by atoms with van der Waals surface area (Å²) in [4.78, 5) is 48.9. The molecular weight excluding hydrogens is 586 g/mol. The average Bonchev–Trinajstić information content (AvgIpc) is 3.27. The Kier molecular flexibility index (Phi) is 8.05. The van der Waals surface area contributed by atoms with E-state index in [2.05, 4.69) is 5.32 Å². The van der Waals surface area contributed by atoms with E-state index in [1.54, 1.807) is 42.5 Å². The Morgan fingerprint density at radius 3 is 2.32 bits per heavy atom. The maximum absolute atomic E-state index is 13.6. The van der Waals surface area contributed by atoms with Crippen LogP contribution in [0.15, 0.2) is 78.4 Å². The number of carbonyl (C=O) groups is 2. The van der Waals surface area contributed by atoms with Crippen LogP contribution in [-0.4, -0.2) is 31.3 Å². The topological polar surface area (TPSA) is 150 Å². The number of nitro benzene ring substituents is 2. The highest BCUT2D eigenvalue weighted by Crippen LogP contribution is 2.35. The van der Waals surface area contributed by atoms with Gasteiger partial charge in [0.1, 0.15) is 11.3 Å². The van der Waals surface area contributed by atoms with Crippen LogP contribution in [0.4, 0.5) is 17.1 Å². The van der Waals surface area contributed by atoms with Gasteiger partial charge in [-0.1, -0.05) is 25.1 Å². The number of para-hydroxylation sites is 1. The van der Waals surface area contributed by atoms with Gasteiger partial charge in [-0.3, -0.25) is 40.0 Å². The highest BCUT2D eigenvalue weighted by molar-refractivity contribution is 7.80. The van der Waals surface area contributed by atoms with E-state index in [0.717, 1.165) is 34.8 Å². The van der Waals surface area contributed by atoms with Crippen LogP contribution in [0, 0.1) is 34.1 Å². The Bertz CT molecular complexity index is 1900. The number of aryl methyl sites for hydroxylation is 2. The number of ether oxygens (including phenoxy) is 1. The SMILES string of the molecule is CCc1ccccc1N1C(=O)/C(=C/c2cc(C)n(-c3ccc(Oc4ccc([N+](=O)[O-])cc4[N+](=O)[O-])cc3)c2C)C(=O)NC1=S. The van der Waals surface area contributed by atoms with Crippen LogP contribution in [0.3, 0.4) is 0 Å². The van der Waals surface area contributed by atoms with Gasteiger partial charge in [-0.05, 0) is 92.2 Å². The number of amides is 2. The smallest absolute Gasteiger partial charge is 0.318 e. The van der Waals surface area contributed by atoms with Crippen molar-refractivity contribution in [2.45, 2.75) is 27.2 Å². The number of non-ortho nitro benzene ring substituents is 1. The van der Waals surface area contributed by atoms with Gasteiger partial charge in [0, 0.05) is 23.1 Å². The minimum atomic E-state index is -0.744. The van der Waals surface area contributed by atoms with E-state index in [-0.39, 0.29) is 22.2 Å². The molecule has 44 heavy (non-hydrogen) atoms. The van der Waals surface area contributed by atoms with Crippen molar-refractivity contribution in [1.29, 1.82) is 0 Å². The Morgan fingerprint density at radius 1 is 0.955 bits per heavy atom. The van der Waals surface area contributed by atoms with Crippen molar-refractivity contribution in [3.63, 3.8) is 0 Å². The number of carbonyl (C=O) groups excluding carboxylic acids is 2. The fraction of sp³-hybridized carbons (Fsp3) is 0.129. The predicted octanol–water partition coefficient (Wildman–Crippen LogP) is 6.10. The van der Waals surface area contributed by atoms with Crippen molar-refractivity contribution >= 4 is 52.3 Å². The van der Waals surface area contributed by atoms with Crippen LogP contribution in [-0.2, 0) is 16.0 Å². The highest BCUT2D eigenvalue weighted by Gasteiger charge is 2.35. The second-order valence-electron chi connectivity index (χ2n) is 9.86. The van der Waals surface area contributed by atoms with E-state index in [1.807, 2.05) is 43.5 Å². The van der Waals surface area contributed by atoms with Gasteiger partial charge in [-0.2, -0.15) is 0 Å². The number of benzene rings is 3. The summed E-state index contributed by atoms with van der Waals surface area (Å²) in [5, 5.41) is 25.1. The molecule has 0 radical (unpaired) electrons. The zero-order valence-electron chi connectivity index (χ0n) is 23.8. The van der Waals surface area contributed by atoms with Gasteiger partial charge >= 0.3 is 5.69 Å². The van der Waals surface area contributed by atoms with Crippen molar-refractivity contribution in [3.8, 4) is 17.2 Å². The molecule has 13 heteroatoms. The molecule has 1 aliphatic rings. The van der Waals surface area contributed by atoms with Gasteiger partial charge in [0.15, 0.2) is 5.11 Å². The number of thiocarbonyl (C=S) groups is 1. The van der Waals surface area contributed by atoms with E-state index in [0.29, 0.717) is 17.7 Å². The number of nitrogens with one attached hydrogen (secondary N) is 1. The van der Waals surface area contributed by atoms with Gasteiger partial charge in [0.2, 0.25) is 5.75 Å². The van der Waals surface area contributed by atoms with E-state index < -0.39 is 33.0 Å². The number of hydrogen-bond acceptors (Lipinski definition) is 8. The van der Waals surface area contributed by atoms with Crippen molar-refractivity contribution < 1.29 is 24.2 Å². The number of aromatic nitrogens is 1. The predicted molar refractivity (Wildman–Crippen MR) is 167 cm³/mol. The quantitative estimate of drug-likeness (QED) is 0.0826. The second-order valence-corrected chi connectivity index (χ2v) is 10.3. The molecule has 1 fully saturated rings. The molecule has 0 atom stereocenters. The largest absolute Gasteiger partial charge is 0.450 e. The summed E-state index contributed by atoms with van der Waals surface area (Å²) in [5.41, 5.74) is 3.47. The zero-order valence-corrected chi connectivity index (χ0v) is 24.6. The van der Waals surface area contributed by atoms with Crippen molar-refractivity contribution in [2.24, 2.45) is 0 Å². The molecule has 2 amide bonds. The third kappa shape index (κ3) is 5.55. The summed E-state index contributed by atoms with van der Waals surface area (Å²) in [6, 6.07) is 19.1. The molecule has 5 rings (SSSR count). The first-order chi connectivity index (χ1) is 21.0. The molecule has 3 aromatic carbocycles. The summed E-state index contributed by atoms with van der Waals surface area (Å²) in [7, 11) is 0. The Hall–Kier alpha value is -5.69. The lowest BCUT2D eigenvalue weighted by Crippen LogP contribution is -2.54. The molecular formula is C31H25N5O7S. The summed E-state index contributed by atoms with van der Waals surface area (Å²) in [6.07, 6.45) is 2.22. The van der Waals surface area contributed by atoms with E-state index in [1.165, 1.54) is 11.0 Å². The second kappa shape index (κ2) is 11.9. The third-order valence-corrected chi connectivity index (χ3v) is 7.44. The van der Waals surface area contributed by atoms with Crippen LogP contribution in [0.2, 0.25) is 0 Å².